The first kappa shape index (κ1) is 18.9. The number of piperazine rings is 1. The van der Waals surface area contributed by atoms with Gasteiger partial charge < -0.3 is 14.7 Å². The predicted molar refractivity (Wildman–Crippen MR) is 124 cm³/mol. The van der Waals surface area contributed by atoms with Crippen molar-refractivity contribution in [1.29, 1.82) is 0 Å². The van der Waals surface area contributed by atoms with Gasteiger partial charge in [-0.1, -0.05) is 30.3 Å². The molecule has 30 heavy (non-hydrogen) atoms. The number of rotatable bonds is 3. The molecule has 5 heteroatoms. The molecule has 2 aliphatic rings. The molecule has 0 aliphatic carbocycles. The predicted octanol–water partition coefficient (Wildman–Crippen LogP) is 4.50. The Bertz CT molecular complexity index is 1050. The Morgan fingerprint density at radius 1 is 0.800 bits per heavy atom. The molecule has 0 saturated carbocycles. The summed E-state index contributed by atoms with van der Waals surface area (Å²) in [6.07, 6.45) is 1.06. The van der Waals surface area contributed by atoms with Crippen molar-refractivity contribution in [1.82, 2.24) is 9.97 Å². The maximum atomic E-state index is 4.81. The van der Waals surface area contributed by atoms with Gasteiger partial charge in [-0.2, -0.15) is 0 Å². The summed E-state index contributed by atoms with van der Waals surface area (Å²) in [6.45, 7) is 10.4. The summed E-state index contributed by atoms with van der Waals surface area (Å²) in [5, 5.41) is 0. The van der Waals surface area contributed by atoms with Crippen molar-refractivity contribution in [3.63, 3.8) is 0 Å². The third-order valence-corrected chi connectivity index (χ3v) is 6.24. The number of hydrogen-bond acceptors (Lipinski definition) is 5. The van der Waals surface area contributed by atoms with E-state index in [0.29, 0.717) is 6.04 Å². The van der Waals surface area contributed by atoms with Gasteiger partial charge in [-0.25, -0.2) is 9.97 Å². The molecule has 3 heterocycles. The van der Waals surface area contributed by atoms with Crippen LogP contribution in [0.5, 0.6) is 0 Å². The van der Waals surface area contributed by atoms with Crippen molar-refractivity contribution >= 4 is 23.0 Å². The molecule has 3 aromatic rings. The minimum atomic E-state index is 0.405. The van der Waals surface area contributed by atoms with Gasteiger partial charge >= 0.3 is 0 Å². The van der Waals surface area contributed by atoms with E-state index in [4.69, 9.17) is 9.97 Å². The Morgan fingerprint density at radius 2 is 1.53 bits per heavy atom. The van der Waals surface area contributed by atoms with Crippen LogP contribution in [0.3, 0.4) is 0 Å². The van der Waals surface area contributed by atoms with Crippen LogP contribution in [0.1, 0.15) is 23.9 Å². The Labute approximate surface area is 179 Å². The summed E-state index contributed by atoms with van der Waals surface area (Å²) in [5.74, 6) is 2.88. The molecule has 2 aliphatic heterocycles. The van der Waals surface area contributed by atoms with Crippen LogP contribution in [-0.4, -0.2) is 42.2 Å². The van der Waals surface area contributed by atoms with Gasteiger partial charge in [-0.05, 0) is 56.5 Å². The van der Waals surface area contributed by atoms with Gasteiger partial charge in [0.15, 0.2) is 0 Å². The largest absolute Gasteiger partial charge is 0.368 e. The zero-order valence-electron chi connectivity index (χ0n) is 18.0. The van der Waals surface area contributed by atoms with Crippen molar-refractivity contribution < 1.29 is 0 Å². The summed E-state index contributed by atoms with van der Waals surface area (Å²) in [4.78, 5) is 16.8. The first-order valence-electron chi connectivity index (χ1n) is 10.9. The van der Waals surface area contributed by atoms with E-state index < -0.39 is 0 Å². The highest BCUT2D eigenvalue weighted by Gasteiger charge is 2.29. The zero-order chi connectivity index (χ0) is 20.7. The lowest BCUT2D eigenvalue weighted by molar-refractivity contribution is 0.645. The number of aryl methyl sites for hydroxylation is 2. The van der Waals surface area contributed by atoms with E-state index in [-0.39, 0.29) is 0 Å². The first-order valence-corrected chi connectivity index (χ1v) is 10.9. The second kappa shape index (κ2) is 7.63. The van der Waals surface area contributed by atoms with E-state index in [9.17, 15) is 0 Å². The van der Waals surface area contributed by atoms with Gasteiger partial charge in [-0.15, -0.1) is 0 Å². The summed E-state index contributed by atoms with van der Waals surface area (Å²) in [7, 11) is 0. The van der Waals surface area contributed by atoms with E-state index in [1.807, 2.05) is 6.92 Å². The van der Waals surface area contributed by atoms with Gasteiger partial charge in [0, 0.05) is 49.7 Å². The van der Waals surface area contributed by atoms with Crippen molar-refractivity contribution in [3.05, 3.63) is 71.5 Å². The lowest BCUT2D eigenvalue weighted by atomic mass is 10.1. The Morgan fingerprint density at radius 3 is 2.33 bits per heavy atom. The first-order chi connectivity index (χ1) is 14.6. The standard InChI is InChI=1S/C25H29N5/c1-18-7-6-9-22(15-18)28-11-13-29(14-12-28)24-17-25(27-20(3)26-24)30-19(2)16-21-8-4-5-10-23(21)30/h4-10,15,17,19H,11-14,16H2,1-3H3. The second-order valence-electron chi connectivity index (χ2n) is 8.50. The normalized spacial score (nSPS) is 18.6. The number of fused-ring (bicyclic) bond motifs is 1. The monoisotopic (exact) mass is 399 g/mol. The second-order valence-corrected chi connectivity index (χ2v) is 8.50. The molecule has 0 N–H and O–H groups in total. The number of para-hydroxylation sites is 1. The van der Waals surface area contributed by atoms with Crippen molar-refractivity contribution in [2.24, 2.45) is 0 Å². The molecule has 5 nitrogen and oxygen atoms in total. The van der Waals surface area contributed by atoms with Crippen LogP contribution in [0.25, 0.3) is 0 Å². The summed E-state index contributed by atoms with van der Waals surface area (Å²) in [5.41, 5.74) is 5.30. The molecule has 1 saturated heterocycles. The van der Waals surface area contributed by atoms with Crippen LogP contribution >= 0.6 is 0 Å². The highest BCUT2D eigenvalue weighted by atomic mass is 15.3. The molecule has 1 atom stereocenters. The van der Waals surface area contributed by atoms with Gasteiger partial charge in [0.25, 0.3) is 0 Å². The van der Waals surface area contributed by atoms with E-state index in [0.717, 1.165) is 50.1 Å². The highest BCUT2D eigenvalue weighted by molar-refractivity contribution is 5.70. The van der Waals surface area contributed by atoms with Crippen LogP contribution in [0, 0.1) is 13.8 Å². The molecule has 0 amide bonds. The molecule has 1 fully saturated rings. The van der Waals surface area contributed by atoms with Crippen LogP contribution in [0.15, 0.2) is 54.6 Å². The molecular formula is C25H29N5. The molecule has 1 unspecified atom stereocenters. The molecule has 5 rings (SSSR count). The Balaban J connectivity index is 1.37. The van der Waals surface area contributed by atoms with Crippen molar-refractivity contribution in [3.8, 4) is 0 Å². The fourth-order valence-electron chi connectivity index (χ4n) is 4.76. The van der Waals surface area contributed by atoms with Crippen LogP contribution in [-0.2, 0) is 6.42 Å². The van der Waals surface area contributed by atoms with E-state index in [1.54, 1.807) is 0 Å². The summed E-state index contributed by atoms with van der Waals surface area (Å²) >= 11 is 0. The molecule has 0 spiro atoms. The SMILES string of the molecule is Cc1cccc(N2CCN(c3cc(N4c5ccccc5CC4C)nc(C)n3)CC2)c1. The fourth-order valence-corrected chi connectivity index (χ4v) is 4.76. The van der Waals surface area contributed by atoms with Gasteiger partial charge in [-0.3, -0.25) is 0 Å². The molecule has 154 valence electrons. The summed E-state index contributed by atoms with van der Waals surface area (Å²) in [6, 6.07) is 20.0. The number of anilines is 4. The van der Waals surface area contributed by atoms with Crippen molar-refractivity contribution in [2.75, 3.05) is 40.9 Å². The minimum Gasteiger partial charge on any atom is -0.368 e. The molecule has 0 bridgehead atoms. The molecule has 0 radical (unpaired) electrons. The lowest BCUT2D eigenvalue weighted by Crippen LogP contribution is -2.47. The van der Waals surface area contributed by atoms with E-state index in [1.165, 1.54) is 22.5 Å². The Hall–Kier alpha value is -3.08. The molecule has 2 aromatic carbocycles. The number of nitrogens with zero attached hydrogens (tertiary/aromatic N) is 5. The van der Waals surface area contributed by atoms with Crippen LogP contribution < -0.4 is 14.7 Å². The lowest BCUT2D eigenvalue weighted by Gasteiger charge is -2.37. The average Bonchev–Trinajstić information content (AvgIpc) is 3.09. The van der Waals surface area contributed by atoms with Crippen LogP contribution in [0.2, 0.25) is 0 Å². The summed E-state index contributed by atoms with van der Waals surface area (Å²) < 4.78 is 0. The Kier molecular flexibility index (Phi) is 4.81. The van der Waals surface area contributed by atoms with E-state index in [2.05, 4.69) is 83.1 Å². The minimum absolute atomic E-state index is 0.405. The quantitative estimate of drug-likeness (QED) is 0.648. The number of hydrogen-bond donors (Lipinski definition) is 0. The van der Waals surface area contributed by atoms with Gasteiger partial charge in [0.05, 0.1) is 0 Å². The van der Waals surface area contributed by atoms with Crippen LogP contribution in [0.4, 0.5) is 23.0 Å². The van der Waals surface area contributed by atoms with Gasteiger partial charge in [0.2, 0.25) is 0 Å². The molecular weight excluding hydrogens is 370 g/mol. The highest BCUT2D eigenvalue weighted by Crippen LogP contribution is 2.38. The third-order valence-electron chi connectivity index (χ3n) is 6.24. The molecule has 1 aromatic heterocycles. The fraction of sp³-hybridized carbons (Fsp3) is 0.360. The maximum absolute atomic E-state index is 4.81. The average molecular weight is 400 g/mol. The number of aromatic nitrogens is 2. The third kappa shape index (κ3) is 3.49. The maximum Gasteiger partial charge on any atom is 0.139 e. The van der Waals surface area contributed by atoms with Gasteiger partial charge in [0.1, 0.15) is 17.5 Å². The van der Waals surface area contributed by atoms with Crippen molar-refractivity contribution in [2.45, 2.75) is 33.2 Å². The topological polar surface area (TPSA) is 35.5 Å². The zero-order valence-corrected chi connectivity index (χ0v) is 18.0. The van der Waals surface area contributed by atoms with E-state index >= 15 is 0 Å². The number of benzene rings is 2. The smallest absolute Gasteiger partial charge is 0.139 e.